The number of rotatable bonds is 13. The second-order valence-electron chi connectivity index (χ2n) is 10.6. The van der Waals surface area contributed by atoms with Gasteiger partial charge in [0, 0.05) is 18.3 Å². The molecule has 0 amide bonds. The number of ether oxygens (including phenoxy) is 4. The van der Waals surface area contributed by atoms with Crippen LogP contribution >= 0.6 is 0 Å². The van der Waals surface area contributed by atoms with Crippen LogP contribution in [0.1, 0.15) is 29.9 Å². The van der Waals surface area contributed by atoms with Gasteiger partial charge in [-0.3, -0.25) is 10.4 Å². The van der Waals surface area contributed by atoms with Gasteiger partial charge < -0.3 is 34.9 Å². The summed E-state index contributed by atoms with van der Waals surface area (Å²) in [6.45, 7) is 2.54. The van der Waals surface area contributed by atoms with Gasteiger partial charge in [-0.25, -0.2) is 9.59 Å². The number of H-pyrrole nitrogens is 1. The van der Waals surface area contributed by atoms with E-state index >= 15 is 0 Å². The fraction of sp³-hybridized carbons (Fsp3) is 0.290. The number of likely N-dealkylation sites (N-methyl/N-ethyl adjacent to an activating group) is 1. The van der Waals surface area contributed by atoms with Crippen LogP contribution in [0.4, 0.5) is 18.9 Å². The first-order valence-corrected chi connectivity index (χ1v) is 14.1. The summed E-state index contributed by atoms with van der Waals surface area (Å²) < 4.78 is 61.9. The number of halogens is 3. The summed E-state index contributed by atoms with van der Waals surface area (Å²) in [6, 6.07) is 14.5. The number of hydrogen-bond donors (Lipinski definition) is 4. The summed E-state index contributed by atoms with van der Waals surface area (Å²) in [5.74, 6) is -2.43. The molecule has 4 rings (SSSR count). The summed E-state index contributed by atoms with van der Waals surface area (Å²) in [5, 5.41) is 15.4. The van der Waals surface area contributed by atoms with E-state index in [9.17, 15) is 22.8 Å². The van der Waals surface area contributed by atoms with Gasteiger partial charge in [0.05, 0.1) is 19.8 Å². The van der Waals surface area contributed by atoms with Crippen LogP contribution in [0.2, 0.25) is 0 Å². The number of carbonyl (C=O) groups is 1. The molecule has 3 aromatic carbocycles. The van der Waals surface area contributed by atoms with Crippen LogP contribution in [0.3, 0.4) is 0 Å². The Kier molecular flexibility index (Phi) is 10.4. The van der Waals surface area contributed by atoms with Gasteiger partial charge in [-0.15, -0.1) is 5.10 Å². The van der Waals surface area contributed by atoms with Crippen molar-refractivity contribution in [3.63, 3.8) is 0 Å². The molecule has 13 nitrogen and oxygen atoms in total. The molecule has 0 bridgehead atoms. The van der Waals surface area contributed by atoms with E-state index in [2.05, 4.69) is 20.1 Å². The highest BCUT2D eigenvalue weighted by molar-refractivity contribution is 5.99. The number of nitrogens with zero attached hydrogens (tertiary/aromatic N) is 3. The second-order valence-corrected chi connectivity index (χ2v) is 10.6. The number of aromatic nitrogens is 3. The minimum absolute atomic E-state index is 0.0992. The molecule has 2 unspecified atom stereocenters. The maximum absolute atomic E-state index is 13.2. The molecule has 16 heteroatoms. The van der Waals surface area contributed by atoms with Crippen molar-refractivity contribution in [1.82, 2.24) is 19.7 Å². The van der Waals surface area contributed by atoms with E-state index in [1.807, 2.05) is 25.9 Å². The number of nitrogens with two attached hydrogens (primary N) is 1. The van der Waals surface area contributed by atoms with Crippen LogP contribution in [-0.4, -0.2) is 78.6 Å². The van der Waals surface area contributed by atoms with Crippen LogP contribution in [0.15, 0.2) is 65.5 Å². The lowest BCUT2D eigenvalue weighted by Gasteiger charge is -2.23. The number of nitrogens with one attached hydrogen (secondary N) is 3. The number of alkyl halides is 3. The van der Waals surface area contributed by atoms with Crippen molar-refractivity contribution in [3.05, 3.63) is 88.1 Å². The van der Waals surface area contributed by atoms with Crippen LogP contribution in [-0.2, 0) is 4.79 Å². The molecule has 0 fully saturated rings. The molecule has 2 atom stereocenters. The predicted octanol–water partition coefficient (Wildman–Crippen LogP) is 3.86. The third kappa shape index (κ3) is 8.21. The molecule has 47 heavy (non-hydrogen) atoms. The Hall–Kier alpha value is -5.51. The molecule has 0 aliphatic rings. The molecule has 0 saturated carbocycles. The molecule has 0 aliphatic carbocycles. The van der Waals surface area contributed by atoms with Gasteiger partial charge in [0.25, 0.3) is 0 Å². The quantitative estimate of drug-likeness (QED) is 0.0717. The minimum Gasteiger partial charge on any atom is -0.494 e. The number of nitrogen functional groups attached to an aromatic ring is 1. The number of benzene rings is 3. The van der Waals surface area contributed by atoms with E-state index in [4.69, 9.17) is 25.4 Å². The standard InChI is InChI=1S/C31H34F3N7O6/c1-17(16-40(2)3)46-23-13-10-18(14-25(23)45-5)26(28-38-30(43)41(39-28)21-8-6-7-9-22(21)44-4)37-19-11-12-20(27(35)36)24(15-19)47-29(42)31(32,33)34/h6-15,17,26,37H,16H2,1-5H3,(H3,35,36)(H,38,39,43). The van der Waals surface area contributed by atoms with Crippen molar-refractivity contribution in [2.75, 3.05) is 40.2 Å². The van der Waals surface area contributed by atoms with Gasteiger partial charge in [0.15, 0.2) is 17.3 Å². The molecule has 0 radical (unpaired) electrons. The Morgan fingerprint density at radius 3 is 2.38 bits per heavy atom. The molecule has 0 saturated heterocycles. The summed E-state index contributed by atoms with van der Waals surface area (Å²) in [6.07, 6.45) is -5.49. The smallest absolute Gasteiger partial charge is 0.491 e. The third-order valence-electron chi connectivity index (χ3n) is 6.71. The molecule has 4 aromatic rings. The maximum Gasteiger partial charge on any atom is 0.491 e. The summed E-state index contributed by atoms with van der Waals surface area (Å²) in [7, 11) is 6.75. The van der Waals surface area contributed by atoms with E-state index in [1.165, 1.54) is 26.4 Å². The minimum atomic E-state index is -5.30. The Balaban J connectivity index is 1.82. The SMILES string of the molecule is COc1cc(C(Nc2ccc(C(=N)N)c(OC(=O)C(F)(F)F)c2)c2nn(-c3ccccc3OC)c(=O)[nH]2)ccc1OC(C)CN(C)C. The molecule has 5 N–H and O–H groups in total. The Morgan fingerprint density at radius 1 is 1.04 bits per heavy atom. The van der Waals surface area contributed by atoms with Crippen LogP contribution in [0, 0.1) is 5.41 Å². The van der Waals surface area contributed by atoms with E-state index in [-0.39, 0.29) is 23.2 Å². The monoisotopic (exact) mass is 657 g/mol. The fourth-order valence-corrected chi connectivity index (χ4v) is 4.72. The van der Waals surface area contributed by atoms with Gasteiger partial charge in [-0.05, 0) is 63.0 Å². The van der Waals surface area contributed by atoms with Gasteiger partial charge in [-0.1, -0.05) is 18.2 Å². The van der Waals surface area contributed by atoms with Crippen molar-refractivity contribution in [2.45, 2.75) is 25.2 Å². The zero-order valence-corrected chi connectivity index (χ0v) is 26.1. The fourth-order valence-electron chi connectivity index (χ4n) is 4.72. The number of aromatic amines is 1. The van der Waals surface area contributed by atoms with E-state index in [1.54, 1.807) is 42.5 Å². The molecule has 0 spiro atoms. The molecule has 1 aromatic heterocycles. The maximum atomic E-state index is 13.2. The predicted molar refractivity (Wildman–Crippen MR) is 167 cm³/mol. The molecule has 0 aliphatic heterocycles. The first kappa shape index (κ1) is 34.4. The van der Waals surface area contributed by atoms with Crippen LogP contribution in [0.25, 0.3) is 5.69 Å². The lowest BCUT2D eigenvalue weighted by molar-refractivity contribution is -0.189. The zero-order valence-electron chi connectivity index (χ0n) is 26.1. The zero-order chi connectivity index (χ0) is 34.5. The summed E-state index contributed by atoms with van der Waals surface area (Å²) >= 11 is 0. The topological polar surface area (TPSA) is 170 Å². The van der Waals surface area contributed by atoms with Crippen LogP contribution in [0.5, 0.6) is 23.0 Å². The second kappa shape index (κ2) is 14.3. The van der Waals surface area contributed by atoms with Gasteiger partial charge in [0.2, 0.25) is 0 Å². The summed E-state index contributed by atoms with van der Waals surface area (Å²) in [5.41, 5.74) is 5.68. The Morgan fingerprint density at radius 2 is 1.74 bits per heavy atom. The number of para-hydroxylation sites is 2. The van der Waals surface area contributed by atoms with Gasteiger partial charge in [0.1, 0.15) is 35.2 Å². The average Bonchev–Trinajstić information content (AvgIpc) is 3.39. The normalized spacial score (nSPS) is 12.7. The third-order valence-corrected chi connectivity index (χ3v) is 6.71. The van der Waals surface area contributed by atoms with Crippen molar-refractivity contribution in [3.8, 4) is 28.7 Å². The largest absolute Gasteiger partial charge is 0.494 e. The van der Waals surface area contributed by atoms with Crippen molar-refractivity contribution in [2.24, 2.45) is 5.73 Å². The lowest BCUT2D eigenvalue weighted by Crippen LogP contribution is -2.29. The van der Waals surface area contributed by atoms with Crippen molar-refractivity contribution in [1.29, 1.82) is 5.41 Å². The van der Waals surface area contributed by atoms with Crippen LogP contribution < -0.4 is 35.7 Å². The molecule has 250 valence electrons. The number of hydrogen-bond acceptors (Lipinski definition) is 10. The van der Waals surface area contributed by atoms with Gasteiger partial charge in [-0.2, -0.15) is 17.9 Å². The lowest BCUT2D eigenvalue weighted by atomic mass is 10.0. The van der Waals surface area contributed by atoms with Crippen molar-refractivity contribution < 1.29 is 36.9 Å². The first-order chi connectivity index (χ1) is 22.2. The van der Waals surface area contributed by atoms with Crippen molar-refractivity contribution >= 4 is 17.5 Å². The highest BCUT2D eigenvalue weighted by atomic mass is 19.4. The number of esters is 1. The van der Waals surface area contributed by atoms with E-state index in [0.29, 0.717) is 35.0 Å². The number of carbonyl (C=O) groups excluding carboxylic acids is 1. The molecular formula is C31H34F3N7O6. The highest BCUT2D eigenvalue weighted by Gasteiger charge is 2.42. The Bertz CT molecular complexity index is 1800. The number of methoxy groups -OCH3 is 2. The molecule has 1 heterocycles. The first-order valence-electron chi connectivity index (χ1n) is 14.1. The summed E-state index contributed by atoms with van der Waals surface area (Å²) in [4.78, 5) is 29.6. The molecular weight excluding hydrogens is 623 g/mol. The number of amidine groups is 1. The average molecular weight is 658 g/mol. The number of anilines is 1. The Labute approximate surface area is 267 Å². The highest BCUT2D eigenvalue weighted by Crippen LogP contribution is 2.35. The van der Waals surface area contributed by atoms with Gasteiger partial charge >= 0.3 is 17.8 Å². The van der Waals surface area contributed by atoms with E-state index < -0.39 is 35.5 Å². The van der Waals surface area contributed by atoms with E-state index in [0.717, 1.165) is 10.7 Å².